The highest BCUT2D eigenvalue weighted by atomic mass is 35.5. The lowest BCUT2D eigenvalue weighted by atomic mass is 10.2. The standard InChI is InChI=1S/C13H16ClN5/c1-9-8-19(6-5-15-9)13-16-12(17-18-13)10-3-2-4-11(14)7-10/h2-4,7,9,15H,5-6,8H2,1H3,(H,16,17,18)/t9-/m1/s1. The number of H-pyrrole nitrogens is 1. The van der Waals surface area contributed by atoms with Gasteiger partial charge in [0.1, 0.15) is 0 Å². The van der Waals surface area contributed by atoms with Gasteiger partial charge in [-0.1, -0.05) is 23.7 Å². The second-order valence-corrected chi connectivity index (χ2v) is 5.23. The van der Waals surface area contributed by atoms with E-state index in [1.54, 1.807) is 0 Å². The number of aromatic nitrogens is 3. The topological polar surface area (TPSA) is 56.8 Å². The van der Waals surface area contributed by atoms with E-state index in [1.807, 2.05) is 24.3 Å². The Labute approximate surface area is 117 Å². The van der Waals surface area contributed by atoms with Gasteiger partial charge >= 0.3 is 0 Å². The van der Waals surface area contributed by atoms with Crippen LogP contribution in [0.1, 0.15) is 6.92 Å². The molecule has 6 heteroatoms. The van der Waals surface area contributed by atoms with Crippen LogP contribution < -0.4 is 10.2 Å². The third kappa shape index (κ3) is 2.72. The smallest absolute Gasteiger partial charge is 0.245 e. The molecule has 2 heterocycles. The first kappa shape index (κ1) is 12.4. The van der Waals surface area contributed by atoms with Gasteiger partial charge in [-0.25, -0.2) is 0 Å². The van der Waals surface area contributed by atoms with Crippen LogP contribution in [0.15, 0.2) is 24.3 Å². The van der Waals surface area contributed by atoms with Crippen LogP contribution in [0.5, 0.6) is 0 Å². The fourth-order valence-corrected chi connectivity index (χ4v) is 2.46. The van der Waals surface area contributed by atoms with E-state index in [1.165, 1.54) is 0 Å². The summed E-state index contributed by atoms with van der Waals surface area (Å²) in [7, 11) is 0. The molecule has 1 atom stereocenters. The summed E-state index contributed by atoms with van der Waals surface area (Å²) in [5.74, 6) is 1.51. The highest BCUT2D eigenvalue weighted by Crippen LogP contribution is 2.21. The molecule has 0 saturated carbocycles. The molecule has 2 aromatic rings. The zero-order valence-electron chi connectivity index (χ0n) is 10.7. The zero-order chi connectivity index (χ0) is 13.2. The molecule has 0 bridgehead atoms. The van der Waals surface area contributed by atoms with Crippen molar-refractivity contribution in [3.63, 3.8) is 0 Å². The summed E-state index contributed by atoms with van der Waals surface area (Å²) >= 11 is 5.99. The third-order valence-electron chi connectivity index (χ3n) is 3.22. The lowest BCUT2D eigenvalue weighted by Crippen LogP contribution is -2.49. The summed E-state index contributed by atoms with van der Waals surface area (Å²) in [5, 5.41) is 11.4. The molecule has 0 spiro atoms. The quantitative estimate of drug-likeness (QED) is 0.881. The predicted molar refractivity (Wildman–Crippen MR) is 76.5 cm³/mol. The van der Waals surface area contributed by atoms with Crippen molar-refractivity contribution >= 4 is 17.5 Å². The van der Waals surface area contributed by atoms with Crippen molar-refractivity contribution in [2.45, 2.75) is 13.0 Å². The Morgan fingerprint density at radius 2 is 2.32 bits per heavy atom. The first-order valence-electron chi connectivity index (χ1n) is 6.39. The number of hydrogen-bond donors (Lipinski definition) is 2. The lowest BCUT2D eigenvalue weighted by Gasteiger charge is -2.30. The van der Waals surface area contributed by atoms with Gasteiger partial charge in [-0.2, -0.15) is 4.98 Å². The SMILES string of the molecule is C[C@@H]1CN(c2n[nH]c(-c3cccc(Cl)c3)n2)CCN1. The summed E-state index contributed by atoms with van der Waals surface area (Å²) in [4.78, 5) is 6.74. The number of nitrogens with zero attached hydrogens (tertiary/aromatic N) is 3. The molecule has 1 saturated heterocycles. The molecule has 3 rings (SSSR count). The normalized spacial score (nSPS) is 19.7. The van der Waals surface area contributed by atoms with E-state index in [4.69, 9.17) is 11.6 Å². The summed E-state index contributed by atoms with van der Waals surface area (Å²) < 4.78 is 0. The second kappa shape index (κ2) is 5.19. The number of rotatable bonds is 2. The Morgan fingerprint density at radius 3 is 3.11 bits per heavy atom. The summed E-state index contributed by atoms with van der Waals surface area (Å²) in [6.07, 6.45) is 0. The van der Waals surface area contributed by atoms with E-state index in [9.17, 15) is 0 Å². The minimum atomic E-state index is 0.460. The van der Waals surface area contributed by atoms with E-state index < -0.39 is 0 Å². The number of hydrogen-bond acceptors (Lipinski definition) is 4. The molecule has 1 aliphatic heterocycles. The van der Waals surface area contributed by atoms with Gasteiger partial charge < -0.3 is 10.2 Å². The van der Waals surface area contributed by atoms with Gasteiger partial charge in [-0.3, -0.25) is 5.10 Å². The van der Waals surface area contributed by atoms with Crippen molar-refractivity contribution in [1.29, 1.82) is 0 Å². The largest absolute Gasteiger partial charge is 0.337 e. The first-order chi connectivity index (χ1) is 9.22. The lowest BCUT2D eigenvalue weighted by molar-refractivity contribution is 0.480. The van der Waals surface area contributed by atoms with Gasteiger partial charge in [0.05, 0.1) is 0 Å². The molecule has 0 aliphatic carbocycles. The van der Waals surface area contributed by atoms with E-state index in [0.717, 1.165) is 37.0 Å². The maximum atomic E-state index is 5.99. The Kier molecular flexibility index (Phi) is 3.40. The summed E-state index contributed by atoms with van der Waals surface area (Å²) in [5.41, 5.74) is 0.953. The van der Waals surface area contributed by atoms with Crippen molar-refractivity contribution in [3.05, 3.63) is 29.3 Å². The molecule has 100 valence electrons. The molecular weight excluding hydrogens is 262 g/mol. The molecule has 1 aromatic heterocycles. The molecule has 1 aromatic carbocycles. The van der Waals surface area contributed by atoms with Crippen LogP contribution in [0.3, 0.4) is 0 Å². The minimum absolute atomic E-state index is 0.460. The number of piperazine rings is 1. The zero-order valence-corrected chi connectivity index (χ0v) is 11.5. The van der Waals surface area contributed by atoms with Crippen molar-refractivity contribution in [2.75, 3.05) is 24.5 Å². The first-order valence-corrected chi connectivity index (χ1v) is 6.77. The van der Waals surface area contributed by atoms with Gasteiger partial charge in [-0.15, -0.1) is 5.10 Å². The van der Waals surface area contributed by atoms with Crippen LogP contribution in [0.4, 0.5) is 5.95 Å². The number of halogens is 1. The minimum Gasteiger partial charge on any atom is -0.337 e. The second-order valence-electron chi connectivity index (χ2n) is 4.80. The maximum Gasteiger partial charge on any atom is 0.245 e. The maximum absolute atomic E-state index is 5.99. The fraction of sp³-hybridized carbons (Fsp3) is 0.385. The van der Waals surface area contributed by atoms with Crippen molar-refractivity contribution in [1.82, 2.24) is 20.5 Å². The van der Waals surface area contributed by atoms with Gasteiger partial charge in [0.15, 0.2) is 5.82 Å². The Morgan fingerprint density at radius 1 is 1.42 bits per heavy atom. The highest BCUT2D eigenvalue weighted by Gasteiger charge is 2.19. The molecule has 0 unspecified atom stereocenters. The predicted octanol–water partition coefficient (Wildman–Crippen LogP) is 1.92. The average Bonchev–Trinajstić information content (AvgIpc) is 2.88. The molecule has 1 fully saturated rings. The van der Waals surface area contributed by atoms with Crippen LogP contribution in [-0.4, -0.2) is 40.9 Å². The fourth-order valence-electron chi connectivity index (χ4n) is 2.27. The highest BCUT2D eigenvalue weighted by molar-refractivity contribution is 6.30. The average molecular weight is 278 g/mol. The van der Waals surface area contributed by atoms with Crippen molar-refractivity contribution in [2.24, 2.45) is 0 Å². The Hall–Kier alpha value is -1.59. The molecule has 0 amide bonds. The summed E-state index contributed by atoms with van der Waals surface area (Å²) in [6.45, 7) is 4.98. The van der Waals surface area contributed by atoms with Crippen LogP contribution in [0, 0.1) is 0 Å². The third-order valence-corrected chi connectivity index (χ3v) is 3.46. The molecule has 0 radical (unpaired) electrons. The summed E-state index contributed by atoms with van der Waals surface area (Å²) in [6, 6.07) is 8.07. The molecular formula is C13H16ClN5. The van der Waals surface area contributed by atoms with E-state index >= 15 is 0 Å². The van der Waals surface area contributed by atoms with E-state index in [2.05, 4.69) is 32.3 Å². The van der Waals surface area contributed by atoms with Crippen LogP contribution in [0.25, 0.3) is 11.4 Å². The van der Waals surface area contributed by atoms with E-state index in [0.29, 0.717) is 11.1 Å². The van der Waals surface area contributed by atoms with Crippen LogP contribution in [-0.2, 0) is 0 Å². The monoisotopic (exact) mass is 277 g/mol. The van der Waals surface area contributed by atoms with Gasteiger partial charge in [0, 0.05) is 36.3 Å². The van der Waals surface area contributed by atoms with Gasteiger partial charge in [0.25, 0.3) is 0 Å². The van der Waals surface area contributed by atoms with E-state index in [-0.39, 0.29) is 0 Å². The van der Waals surface area contributed by atoms with Gasteiger partial charge in [0.2, 0.25) is 5.95 Å². The Bertz CT molecular complexity index is 568. The number of benzene rings is 1. The molecule has 1 aliphatic rings. The van der Waals surface area contributed by atoms with Crippen molar-refractivity contribution in [3.8, 4) is 11.4 Å². The molecule has 19 heavy (non-hydrogen) atoms. The van der Waals surface area contributed by atoms with Crippen LogP contribution >= 0.6 is 11.6 Å². The van der Waals surface area contributed by atoms with Crippen LogP contribution in [0.2, 0.25) is 5.02 Å². The number of anilines is 1. The van der Waals surface area contributed by atoms with Crippen molar-refractivity contribution < 1.29 is 0 Å². The molecule has 5 nitrogen and oxygen atoms in total. The Balaban J connectivity index is 1.83. The number of nitrogens with one attached hydrogen (secondary N) is 2. The molecule has 2 N–H and O–H groups in total. The van der Waals surface area contributed by atoms with Gasteiger partial charge in [-0.05, 0) is 19.1 Å². The number of aromatic amines is 1.